The number of anilines is 1. The average Bonchev–Trinajstić information content (AvgIpc) is 2.99. The quantitative estimate of drug-likeness (QED) is 0.925. The van der Waals surface area contributed by atoms with Crippen LogP contribution >= 0.6 is 0 Å². The fourth-order valence-electron chi connectivity index (χ4n) is 4.26. The number of hydrogen-bond donors (Lipinski definition) is 1. The fraction of sp³-hybridized carbons (Fsp3) is 0.647. The zero-order valence-corrected chi connectivity index (χ0v) is 13.3. The maximum Gasteiger partial charge on any atom is 0.150 e. The van der Waals surface area contributed by atoms with Gasteiger partial charge in [-0.1, -0.05) is 27.7 Å². The first-order valence-electron chi connectivity index (χ1n) is 8.10. The van der Waals surface area contributed by atoms with Crippen LogP contribution in [0.4, 0.5) is 5.69 Å². The van der Waals surface area contributed by atoms with Crippen LogP contribution in [-0.2, 0) is 4.79 Å². The molecule has 1 aromatic heterocycles. The molecule has 0 amide bonds. The summed E-state index contributed by atoms with van der Waals surface area (Å²) >= 11 is 0. The fourth-order valence-corrected chi connectivity index (χ4v) is 4.26. The zero-order valence-electron chi connectivity index (χ0n) is 13.3. The van der Waals surface area contributed by atoms with Gasteiger partial charge in [0.2, 0.25) is 0 Å². The summed E-state index contributed by atoms with van der Waals surface area (Å²) in [5, 5.41) is 3.60. The van der Waals surface area contributed by atoms with E-state index in [4.69, 9.17) is 0 Å². The maximum atomic E-state index is 12.6. The molecule has 1 saturated heterocycles. The molecule has 1 fully saturated rings. The largest absolute Gasteiger partial charge is 0.367 e. The van der Waals surface area contributed by atoms with Crippen LogP contribution in [-0.4, -0.2) is 34.4 Å². The van der Waals surface area contributed by atoms with Crippen molar-refractivity contribution in [1.29, 1.82) is 0 Å². The number of pyridine rings is 1. The minimum Gasteiger partial charge on any atom is -0.367 e. The summed E-state index contributed by atoms with van der Waals surface area (Å²) in [6.45, 7) is 9.48. The molecule has 2 aliphatic rings. The third-order valence-corrected chi connectivity index (χ3v) is 5.10. The van der Waals surface area contributed by atoms with E-state index in [1.807, 2.05) is 19.2 Å². The molecule has 4 atom stereocenters. The normalized spacial score (nSPS) is 31.1. The average molecular weight is 287 g/mol. The van der Waals surface area contributed by atoms with E-state index in [1.54, 1.807) is 0 Å². The predicted octanol–water partition coefficient (Wildman–Crippen LogP) is 2.87. The summed E-state index contributed by atoms with van der Waals surface area (Å²) in [5.41, 5.74) is 2.28. The van der Waals surface area contributed by atoms with Gasteiger partial charge in [-0.2, -0.15) is 0 Å². The number of nitrogens with zero attached hydrogens (tertiary/aromatic N) is 2. The Labute approximate surface area is 126 Å². The third kappa shape index (κ3) is 2.08. The highest BCUT2D eigenvalue weighted by atomic mass is 16.1. The van der Waals surface area contributed by atoms with Crippen LogP contribution in [0, 0.1) is 11.8 Å². The third-order valence-electron chi connectivity index (χ3n) is 5.10. The minimum absolute atomic E-state index is 0.0256. The molecule has 4 nitrogen and oxygen atoms in total. The first kappa shape index (κ1) is 14.5. The Morgan fingerprint density at radius 1 is 1.43 bits per heavy atom. The number of ketones is 1. The Morgan fingerprint density at radius 3 is 2.81 bits per heavy atom. The predicted molar refractivity (Wildman–Crippen MR) is 84.2 cm³/mol. The second-order valence-corrected chi connectivity index (χ2v) is 6.47. The van der Waals surface area contributed by atoms with E-state index in [-0.39, 0.29) is 12.2 Å². The molecule has 2 aliphatic heterocycles. The van der Waals surface area contributed by atoms with Gasteiger partial charge in [0.05, 0.1) is 23.6 Å². The number of rotatable bonds is 4. The number of likely N-dealkylation sites (tertiary alicyclic amines) is 1. The van der Waals surface area contributed by atoms with E-state index in [0.717, 1.165) is 17.9 Å². The highest BCUT2D eigenvalue weighted by Gasteiger charge is 2.55. The van der Waals surface area contributed by atoms with Crippen molar-refractivity contribution < 1.29 is 4.79 Å². The first-order chi connectivity index (χ1) is 10.1. The molecule has 1 N–H and O–H groups in total. The van der Waals surface area contributed by atoms with Gasteiger partial charge < -0.3 is 5.32 Å². The van der Waals surface area contributed by atoms with Gasteiger partial charge in [0.1, 0.15) is 5.78 Å². The topological polar surface area (TPSA) is 45.2 Å². The molecular weight excluding hydrogens is 262 g/mol. The van der Waals surface area contributed by atoms with E-state index in [1.165, 1.54) is 0 Å². The lowest BCUT2D eigenvalue weighted by Gasteiger charge is -2.30. The van der Waals surface area contributed by atoms with Crippen molar-refractivity contribution in [2.24, 2.45) is 11.8 Å². The van der Waals surface area contributed by atoms with E-state index in [9.17, 15) is 4.79 Å². The number of fused-ring (bicyclic) bond motifs is 3. The standard InChI is InChI=1S/C17H25N3O/c1-5-12(21)16-13(10(3)4)14-15-11(8-7-9-18-15)19-17(14)20(16)6-2/h7-10,13-14,16-17,19H,5-6H2,1-4H3. The van der Waals surface area contributed by atoms with Gasteiger partial charge in [-0.05, 0) is 30.5 Å². The van der Waals surface area contributed by atoms with Crippen molar-refractivity contribution in [2.75, 3.05) is 11.9 Å². The molecule has 1 aromatic rings. The van der Waals surface area contributed by atoms with Crippen molar-refractivity contribution in [1.82, 2.24) is 9.88 Å². The molecule has 0 bridgehead atoms. The molecular formula is C17H25N3O. The Morgan fingerprint density at radius 2 is 2.19 bits per heavy atom. The summed E-state index contributed by atoms with van der Waals surface area (Å²) in [6.07, 6.45) is 2.69. The smallest absolute Gasteiger partial charge is 0.150 e. The molecule has 3 heterocycles. The van der Waals surface area contributed by atoms with Crippen molar-refractivity contribution in [2.45, 2.75) is 52.2 Å². The van der Waals surface area contributed by atoms with E-state index in [0.29, 0.717) is 30.0 Å². The van der Waals surface area contributed by atoms with Crippen LogP contribution in [0.15, 0.2) is 18.3 Å². The van der Waals surface area contributed by atoms with Crippen LogP contribution in [0.25, 0.3) is 0 Å². The van der Waals surface area contributed by atoms with Gasteiger partial charge in [0.25, 0.3) is 0 Å². The van der Waals surface area contributed by atoms with E-state index in [2.05, 4.69) is 42.0 Å². The molecule has 21 heavy (non-hydrogen) atoms. The summed E-state index contributed by atoms with van der Waals surface area (Å²) in [5.74, 6) is 1.49. The summed E-state index contributed by atoms with van der Waals surface area (Å²) in [7, 11) is 0. The van der Waals surface area contributed by atoms with Crippen molar-refractivity contribution >= 4 is 11.5 Å². The monoisotopic (exact) mass is 287 g/mol. The summed E-state index contributed by atoms with van der Waals surface area (Å²) in [4.78, 5) is 19.5. The first-order valence-corrected chi connectivity index (χ1v) is 8.10. The number of carbonyl (C=O) groups is 1. The highest BCUT2D eigenvalue weighted by molar-refractivity contribution is 5.85. The number of likely N-dealkylation sites (N-methyl/N-ethyl adjacent to an activating group) is 1. The molecule has 0 aliphatic carbocycles. The molecule has 0 radical (unpaired) electrons. The van der Waals surface area contributed by atoms with Gasteiger partial charge in [-0.15, -0.1) is 0 Å². The number of nitrogens with one attached hydrogen (secondary N) is 1. The lowest BCUT2D eigenvalue weighted by molar-refractivity contribution is -0.124. The number of carbonyl (C=O) groups excluding carboxylic acids is 1. The molecule has 4 unspecified atom stereocenters. The Kier molecular flexibility index (Phi) is 3.74. The summed E-state index contributed by atoms with van der Waals surface area (Å²) in [6, 6.07) is 4.10. The van der Waals surface area contributed by atoms with Crippen molar-refractivity contribution in [3.05, 3.63) is 24.0 Å². The number of hydrogen-bond acceptors (Lipinski definition) is 4. The van der Waals surface area contributed by atoms with Gasteiger partial charge in [-0.25, -0.2) is 0 Å². The van der Waals surface area contributed by atoms with Gasteiger partial charge in [0, 0.05) is 18.5 Å². The zero-order chi connectivity index (χ0) is 15.1. The second-order valence-electron chi connectivity index (χ2n) is 6.47. The number of Topliss-reactive ketones (excluding diaryl/α,β-unsaturated/α-hetero) is 1. The Bertz CT molecular complexity index is 543. The molecule has 0 saturated carbocycles. The van der Waals surface area contributed by atoms with Gasteiger partial charge >= 0.3 is 0 Å². The second kappa shape index (κ2) is 5.41. The van der Waals surface area contributed by atoms with Crippen molar-refractivity contribution in [3.63, 3.8) is 0 Å². The van der Waals surface area contributed by atoms with E-state index >= 15 is 0 Å². The summed E-state index contributed by atoms with van der Waals surface area (Å²) < 4.78 is 0. The number of aromatic nitrogens is 1. The minimum atomic E-state index is 0.0256. The molecule has 4 heteroatoms. The molecule has 0 spiro atoms. The molecule has 114 valence electrons. The molecule has 3 rings (SSSR count). The molecule has 0 aromatic carbocycles. The van der Waals surface area contributed by atoms with Crippen LogP contribution in [0.2, 0.25) is 0 Å². The SMILES string of the molecule is CCC(=O)C1C(C(C)C)C2c3ncccc3NC2N1CC. The van der Waals surface area contributed by atoms with Crippen molar-refractivity contribution in [3.8, 4) is 0 Å². The Hall–Kier alpha value is -1.42. The van der Waals surface area contributed by atoms with Gasteiger partial charge in [0.15, 0.2) is 0 Å². The Balaban J connectivity index is 2.06. The van der Waals surface area contributed by atoms with Crippen LogP contribution in [0.3, 0.4) is 0 Å². The van der Waals surface area contributed by atoms with Crippen LogP contribution < -0.4 is 5.32 Å². The van der Waals surface area contributed by atoms with Crippen LogP contribution in [0.1, 0.15) is 45.7 Å². The highest BCUT2D eigenvalue weighted by Crippen LogP contribution is 2.51. The van der Waals surface area contributed by atoms with Gasteiger partial charge in [-0.3, -0.25) is 14.7 Å². The maximum absolute atomic E-state index is 12.6. The lowest BCUT2D eigenvalue weighted by atomic mass is 9.78. The van der Waals surface area contributed by atoms with Crippen LogP contribution in [0.5, 0.6) is 0 Å². The van der Waals surface area contributed by atoms with E-state index < -0.39 is 0 Å². The lowest BCUT2D eigenvalue weighted by Crippen LogP contribution is -2.45.